The van der Waals surface area contributed by atoms with E-state index in [4.69, 9.17) is 0 Å². The maximum Gasteiger partial charge on any atom is 0.221 e. The summed E-state index contributed by atoms with van der Waals surface area (Å²) >= 11 is 0. The van der Waals surface area contributed by atoms with Crippen molar-refractivity contribution in [3.63, 3.8) is 0 Å². The Hall–Kier alpha value is -2.81. The average molecular weight is 347 g/mol. The number of nitrogens with one attached hydrogen (secondary N) is 1. The van der Waals surface area contributed by atoms with Crippen molar-refractivity contribution in [2.45, 2.75) is 33.2 Å². The zero-order chi connectivity index (χ0) is 18.7. The van der Waals surface area contributed by atoms with Gasteiger partial charge in [0.15, 0.2) is 0 Å². The molecule has 0 saturated heterocycles. The van der Waals surface area contributed by atoms with E-state index in [2.05, 4.69) is 5.32 Å². The number of hydrogen-bond acceptors (Lipinski definition) is 2. The molecule has 0 radical (unpaired) electrons. The Morgan fingerprint density at radius 1 is 1.00 bits per heavy atom. The molecule has 0 fully saturated rings. The van der Waals surface area contributed by atoms with Crippen LogP contribution >= 0.6 is 0 Å². The van der Waals surface area contributed by atoms with Crippen molar-refractivity contribution in [1.82, 2.24) is 5.32 Å². The monoisotopic (exact) mass is 347 g/mol. The van der Waals surface area contributed by atoms with Crippen LogP contribution < -0.4 is 5.32 Å². The molecule has 3 aromatic carbocycles. The van der Waals surface area contributed by atoms with Crippen LogP contribution in [0.4, 0.5) is 0 Å². The van der Waals surface area contributed by atoms with Gasteiger partial charge in [0, 0.05) is 12.0 Å². The van der Waals surface area contributed by atoms with Gasteiger partial charge in [-0.25, -0.2) is 0 Å². The summed E-state index contributed by atoms with van der Waals surface area (Å²) in [6, 6.07) is 19.2. The molecule has 3 heteroatoms. The minimum atomic E-state index is -0.395. The van der Waals surface area contributed by atoms with Gasteiger partial charge in [-0.3, -0.25) is 4.79 Å². The summed E-state index contributed by atoms with van der Waals surface area (Å²) in [4.78, 5) is 12.5. The number of phenols is 1. The summed E-state index contributed by atoms with van der Waals surface area (Å²) in [6.07, 6.45) is 0.452. The first kappa shape index (κ1) is 18.0. The molecule has 0 bridgehead atoms. The second-order valence-electron chi connectivity index (χ2n) is 7.23. The van der Waals surface area contributed by atoms with E-state index in [0.717, 1.165) is 27.5 Å². The lowest BCUT2D eigenvalue weighted by Crippen LogP contribution is -2.30. The van der Waals surface area contributed by atoms with E-state index in [-0.39, 0.29) is 17.6 Å². The largest absolute Gasteiger partial charge is 0.508 e. The van der Waals surface area contributed by atoms with Crippen LogP contribution in [0.2, 0.25) is 0 Å². The Labute approximate surface area is 154 Å². The molecular formula is C23H25NO2. The Kier molecular flexibility index (Phi) is 5.27. The van der Waals surface area contributed by atoms with Gasteiger partial charge in [-0.05, 0) is 35.2 Å². The molecule has 3 rings (SSSR count). The number of phenolic OH excluding ortho intramolecular Hbond substituents is 1. The maximum atomic E-state index is 12.5. The Morgan fingerprint density at radius 3 is 2.38 bits per heavy atom. The summed E-state index contributed by atoms with van der Waals surface area (Å²) in [7, 11) is 0. The fourth-order valence-corrected chi connectivity index (χ4v) is 3.26. The predicted octanol–water partition coefficient (Wildman–Crippen LogP) is 5.11. The molecule has 0 heterocycles. The minimum absolute atomic E-state index is 0.0158. The molecule has 0 aliphatic carbocycles. The molecule has 1 atom stereocenters. The van der Waals surface area contributed by atoms with Crippen molar-refractivity contribution in [3.8, 4) is 5.75 Å². The van der Waals surface area contributed by atoms with Gasteiger partial charge in [0.05, 0.1) is 6.04 Å². The van der Waals surface area contributed by atoms with E-state index in [9.17, 15) is 9.90 Å². The van der Waals surface area contributed by atoms with E-state index in [1.165, 1.54) is 0 Å². The van der Waals surface area contributed by atoms with Gasteiger partial charge in [-0.1, -0.05) is 74.0 Å². The molecule has 0 saturated carbocycles. The standard InChI is InChI=1S/C23H25NO2/c1-15(2)14-21(26)24-23(18-10-8-16(3)9-11-18)22-19-7-5-4-6-17(19)12-13-20(22)25/h4-13,15,23,25H,14H2,1-3H3,(H,24,26). The van der Waals surface area contributed by atoms with E-state index < -0.39 is 6.04 Å². The molecule has 0 aliphatic rings. The number of hydrogen-bond donors (Lipinski definition) is 2. The van der Waals surface area contributed by atoms with Crippen LogP contribution in [0.1, 0.15) is 43.0 Å². The van der Waals surface area contributed by atoms with Gasteiger partial charge in [0.2, 0.25) is 5.91 Å². The normalized spacial score (nSPS) is 12.3. The van der Waals surface area contributed by atoms with Gasteiger partial charge in [-0.15, -0.1) is 0 Å². The summed E-state index contributed by atoms with van der Waals surface area (Å²) < 4.78 is 0. The fraction of sp³-hybridized carbons (Fsp3) is 0.261. The van der Waals surface area contributed by atoms with E-state index in [1.54, 1.807) is 6.07 Å². The number of rotatable bonds is 5. The van der Waals surface area contributed by atoms with Crippen LogP contribution in [-0.4, -0.2) is 11.0 Å². The predicted molar refractivity (Wildman–Crippen MR) is 106 cm³/mol. The van der Waals surface area contributed by atoms with Crippen LogP contribution in [0.3, 0.4) is 0 Å². The Bertz CT molecular complexity index is 913. The molecule has 3 nitrogen and oxygen atoms in total. The van der Waals surface area contributed by atoms with E-state index in [0.29, 0.717) is 6.42 Å². The first-order chi connectivity index (χ1) is 12.5. The lowest BCUT2D eigenvalue weighted by molar-refractivity contribution is -0.122. The molecule has 134 valence electrons. The van der Waals surface area contributed by atoms with Crippen LogP contribution in [0.25, 0.3) is 10.8 Å². The van der Waals surface area contributed by atoms with E-state index in [1.807, 2.05) is 75.4 Å². The quantitative estimate of drug-likeness (QED) is 0.674. The third kappa shape index (κ3) is 3.88. The highest BCUT2D eigenvalue weighted by Crippen LogP contribution is 2.36. The summed E-state index contributed by atoms with van der Waals surface area (Å²) in [6.45, 7) is 6.08. The van der Waals surface area contributed by atoms with Gasteiger partial charge in [0.1, 0.15) is 5.75 Å². The molecular weight excluding hydrogens is 322 g/mol. The van der Waals surface area contributed by atoms with Crippen LogP contribution in [-0.2, 0) is 4.79 Å². The number of carbonyl (C=O) groups excluding carboxylic acids is 1. The van der Waals surface area contributed by atoms with Crippen molar-refractivity contribution in [3.05, 3.63) is 77.4 Å². The van der Waals surface area contributed by atoms with Gasteiger partial charge < -0.3 is 10.4 Å². The highest BCUT2D eigenvalue weighted by molar-refractivity contribution is 5.89. The first-order valence-corrected chi connectivity index (χ1v) is 9.02. The lowest BCUT2D eigenvalue weighted by atomic mass is 9.92. The average Bonchev–Trinajstić information content (AvgIpc) is 2.60. The Morgan fingerprint density at radius 2 is 1.69 bits per heavy atom. The number of amides is 1. The van der Waals surface area contributed by atoms with Crippen molar-refractivity contribution in [2.75, 3.05) is 0 Å². The lowest BCUT2D eigenvalue weighted by Gasteiger charge is -2.23. The van der Waals surface area contributed by atoms with E-state index >= 15 is 0 Å². The van der Waals surface area contributed by atoms with Crippen molar-refractivity contribution in [1.29, 1.82) is 0 Å². The topological polar surface area (TPSA) is 49.3 Å². The van der Waals surface area contributed by atoms with Crippen LogP contribution in [0.15, 0.2) is 60.7 Å². The first-order valence-electron chi connectivity index (χ1n) is 9.02. The number of fused-ring (bicyclic) bond motifs is 1. The minimum Gasteiger partial charge on any atom is -0.508 e. The van der Waals surface area contributed by atoms with Crippen LogP contribution in [0, 0.1) is 12.8 Å². The number of benzene rings is 3. The molecule has 1 amide bonds. The highest BCUT2D eigenvalue weighted by Gasteiger charge is 2.22. The zero-order valence-corrected chi connectivity index (χ0v) is 15.5. The number of aromatic hydroxyl groups is 1. The summed E-state index contributed by atoms with van der Waals surface area (Å²) in [5.74, 6) is 0.451. The van der Waals surface area contributed by atoms with Gasteiger partial charge in [-0.2, -0.15) is 0 Å². The highest BCUT2D eigenvalue weighted by atomic mass is 16.3. The smallest absolute Gasteiger partial charge is 0.221 e. The third-order valence-corrected chi connectivity index (χ3v) is 4.55. The molecule has 26 heavy (non-hydrogen) atoms. The molecule has 3 aromatic rings. The Balaban J connectivity index is 2.13. The molecule has 0 aliphatic heterocycles. The summed E-state index contributed by atoms with van der Waals surface area (Å²) in [5.41, 5.74) is 2.85. The second kappa shape index (κ2) is 7.61. The summed E-state index contributed by atoms with van der Waals surface area (Å²) in [5, 5.41) is 15.8. The second-order valence-corrected chi connectivity index (χ2v) is 7.23. The van der Waals surface area contributed by atoms with Crippen LogP contribution in [0.5, 0.6) is 5.75 Å². The third-order valence-electron chi connectivity index (χ3n) is 4.55. The number of carbonyl (C=O) groups is 1. The molecule has 2 N–H and O–H groups in total. The fourth-order valence-electron chi connectivity index (χ4n) is 3.26. The molecule has 0 aromatic heterocycles. The van der Waals surface area contributed by atoms with Gasteiger partial charge >= 0.3 is 0 Å². The van der Waals surface area contributed by atoms with Gasteiger partial charge in [0.25, 0.3) is 0 Å². The van der Waals surface area contributed by atoms with Crippen molar-refractivity contribution in [2.24, 2.45) is 5.92 Å². The SMILES string of the molecule is Cc1ccc(C(NC(=O)CC(C)C)c2c(O)ccc3ccccc23)cc1. The van der Waals surface area contributed by atoms with Crippen molar-refractivity contribution < 1.29 is 9.90 Å². The molecule has 0 spiro atoms. The zero-order valence-electron chi connectivity index (χ0n) is 15.5. The number of aryl methyl sites for hydroxylation is 1. The maximum absolute atomic E-state index is 12.5. The van der Waals surface area contributed by atoms with Crippen molar-refractivity contribution >= 4 is 16.7 Å². The molecule has 1 unspecified atom stereocenters.